The number of benzene rings is 2. The summed E-state index contributed by atoms with van der Waals surface area (Å²) in [6.45, 7) is 6.20. The summed E-state index contributed by atoms with van der Waals surface area (Å²) in [5.41, 5.74) is 3.21. The summed E-state index contributed by atoms with van der Waals surface area (Å²) in [6.07, 6.45) is 2.62. The summed E-state index contributed by atoms with van der Waals surface area (Å²) < 4.78 is 0. The van der Waals surface area contributed by atoms with E-state index in [0.717, 1.165) is 28.6 Å². The summed E-state index contributed by atoms with van der Waals surface area (Å²) in [7, 11) is 0. The van der Waals surface area contributed by atoms with Gasteiger partial charge in [0.15, 0.2) is 0 Å². The van der Waals surface area contributed by atoms with Crippen molar-refractivity contribution in [1.82, 2.24) is 10.2 Å². The molecule has 0 unspecified atom stereocenters. The lowest BCUT2D eigenvalue weighted by Gasteiger charge is -2.30. The molecule has 4 rings (SSSR count). The molecule has 0 radical (unpaired) electrons. The normalized spacial score (nSPS) is 19.4. The van der Waals surface area contributed by atoms with Crippen LogP contribution in [0.1, 0.15) is 30.9 Å². The summed E-state index contributed by atoms with van der Waals surface area (Å²) in [6, 6.07) is 16.2. The van der Waals surface area contributed by atoms with Crippen molar-refractivity contribution >= 4 is 29.3 Å². The van der Waals surface area contributed by atoms with Gasteiger partial charge >= 0.3 is 0 Å². The highest BCUT2D eigenvalue weighted by atomic mass is 32.2. The Kier molecular flexibility index (Phi) is 6.75. The van der Waals surface area contributed by atoms with Gasteiger partial charge in [-0.2, -0.15) is 0 Å². The quantitative estimate of drug-likeness (QED) is 0.770. The summed E-state index contributed by atoms with van der Waals surface area (Å²) in [4.78, 5) is 29.9. The molecule has 1 saturated heterocycles. The van der Waals surface area contributed by atoms with Gasteiger partial charge in [-0.1, -0.05) is 43.3 Å². The van der Waals surface area contributed by atoms with Crippen molar-refractivity contribution in [3.05, 3.63) is 59.7 Å². The van der Waals surface area contributed by atoms with Gasteiger partial charge in [0.05, 0.1) is 11.4 Å². The van der Waals surface area contributed by atoms with Crippen LogP contribution in [0.3, 0.4) is 0 Å². The van der Waals surface area contributed by atoms with Crippen LogP contribution in [0, 0.1) is 5.92 Å². The number of hydrogen-bond acceptors (Lipinski definition) is 4. The second-order valence-corrected chi connectivity index (χ2v) is 9.33. The van der Waals surface area contributed by atoms with Gasteiger partial charge in [0, 0.05) is 24.5 Å². The highest BCUT2D eigenvalue weighted by Gasteiger charge is 2.26. The van der Waals surface area contributed by atoms with Crippen LogP contribution in [0.15, 0.2) is 53.4 Å². The van der Waals surface area contributed by atoms with Crippen LogP contribution < -0.4 is 10.2 Å². The largest absolute Gasteiger partial charge is 0.350 e. The van der Waals surface area contributed by atoms with E-state index in [2.05, 4.69) is 41.4 Å². The van der Waals surface area contributed by atoms with E-state index in [4.69, 9.17) is 0 Å². The van der Waals surface area contributed by atoms with Gasteiger partial charge in [0.2, 0.25) is 11.8 Å². The molecule has 158 valence electrons. The third-order valence-electron chi connectivity index (χ3n) is 5.77. The van der Waals surface area contributed by atoms with Crippen LogP contribution in [0.4, 0.5) is 5.69 Å². The number of fused-ring (bicyclic) bond motifs is 1. The molecule has 0 spiro atoms. The molecule has 1 atom stereocenters. The van der Waals surface area contributed by atoms with Gasteiger partial charge in [0.1, 0.15) is 6.54 Å². The van der Waals surface area contributed by atoms with Gasteiger partial charge in [-0.05, 0) is 48.6 Å². The first-order chi connectivity index (χ1) is 14.6. The number of anilines is 1. The maximum absolute atomic E-state index is 12.5. The second-order valence-electron chi connectivity index (χ2n) is 8.31. The first kappa shape index (κ1) is 20.9. The molecule has 0 aromatic heterocycles. The van der Waals surface area contributed by atoms with Crippen LogP contribution in [0.25, 0.3) is 0 Å². The van der Waals surface area contributed by atoms with Gasteiger partial charge in [0.25, 0.3) is 0 Å². The number of nitrogens with one attached hydrogen (secondary N) is 1. The number of para-hydroxylation sites is 1. The Bertz CT molecular complexity index is 900. The molecule has 2 aliphatic heterocycles. The van der Waals surface area contributed by atoms with Gasteiger partial charge in [-0.15, -0.1) is 11.8 Å². The number of hydrogen-bond donors (Lipinski definition) is 1. The van der Waals surface area contributed by atoms with Crippen molar-refractivity contribution in [2.45, 2.75) is 37.8 Å². The summed E-state index contributed by atoms with van der Waals surface area (Å²) >= 11 is 1.53. The number of carbonyl (C=O) groups is 2. The third kappa shape index (κ3) is 5.24. The molecule has 2 amide bonds. The molecule has 5 nitrogen and oxygen atoms in total. The standard InChI is InChI=1S/C24H29N3O2S/c1-18-5-4-12-26(14-18)15-20-10-8-19(9-11-20)13-25-23(28)16-27-21-6-2-3-7-22(21)30-17-24(27)29/h2-3,6-11,18H,4-5,12-17H2,1H3,(H,25,28)/t18-/m1/s1. The zero-order chi connectivity index (χ0) is 20.9. The first-order valence-electron chi connectivity index (χ1n) is 10.7. The van der Waals surface area contributed by atoms with Crippen LogP contribution in [-0.4, -0.2) is 42.1 Å². The predicted molar refractivity (Wildman–Crippen MR) is 121 cm³/mol. The minimum atomic E-state index is -0.142. The molecule has 1 N–H and O–H groups in total. The molecule has 0 saturated carbocycles. The molecule has 2 aliphatic rings. The molecular formula is C24H29N3O2S. The molecule has 0 aliphatic carbocycles. The highest BCUT2D eigenvalue weighted by molar-refractivity contribution is 8.00. The van der Waals surface area contributed by atoms with E-state index in [9.17, 15) is 9.59 Å². The average Bonchev–Trinajstić information content (AvgIpc) is 2.75. The van der Waals surface area contributed by atoms with Crippen LogP contribution >= 0.6 is 11.8 Å². The van der Waals surface area contributed by atoms with E-state index >= 15 is 0 Å². The Hall–Kier alpha value is -2.31. The van der Waals surface area contributed by atoms with E-state index in [0.29, 0.717) is 12.3 Å². The predicted octanol–water partition coefficient (Wildman–Crippen LogP) is 3.67. The van der Waals surface area contributed by atoms with Crippen LogP contribution in [0.5, 0.6) is 0 Å². The molecule has 30 heavy (non-hydrogen) atoms. The number of piperidine rings is 1. The fourth-order valence-corrected chi connectivity index (χ4v) is 5.11. The Morgan fingerprint density at radius 2 is 1.90 bits per heavy atom. The zero-order valence-electron chi connectivity index (χ0n) is 17.5. The number of carbonyl (C=O) groups excluding carboxylic acids is 2. The summed E-state index contributed by atoms with van der Waals surface area (Å²) in [5, 5.41) is 2.95. The maximum atomic E-state index is 12.5. The Labute approximate surface area is 182 Å². The topological polar surface area (TPSA) is 52.7 Å². The second kappa shape index (κ2) is 9.67. The number of rotatable bonds is 6. The Morgan fingerprint density at radius 1 is 1.13 bits per heavy atom. The molecule has 6 heteroatoms. The van der Waals surface area contributed by atoms with E-state index in [1.165, 1.54) is 43.3 Å². The van der Waals surface area contributed by atoms with Crippen molar-refractivity contribution < 1.29 is 9.59 Å². The van der Waals surface area contributed by atoms with E-state index in [-0.39, 0.29) is 18.4 Å². The minimum absolute atomic E-state index is 0.0229. The third-order valence-corrected chi connectivity index (χ3v) is 6.82. The number of likely N-dealkylation sites (tertiary alicyclic amines) is 1. The zero-order valence-corrected chi connectivity index (χ0v) is 18.3. The fourth-order valence-electron chi connectivity index (χ4n) is 4.18. The van der Waals surface area contributed by atoms with Gasteiger partial charge < -0.3 is 10.2 Å². The average molecular weight is 424 g/mol. The summed E-state index contributed by atoms with van der Waals surface area (Å²) in [5.74, 6) is 0.994. The Balaban J connectivity index is 1.28. The highest BCUT2D eigenvalue weighted by Crippen LogP contribution is 2.34. The fraction of sp³-hybridized carbons (Fsp3) is 0.417. The monoisotopic (exact) mass is 423 g/mol. The number of thioether (sulfide) groups is 1. The van der Waals surface area contributed by atoms with Crippen molar-refractivity contribution in [3.63, 3.8) is 0 Å². The number of nitrogens with zero attached hydrogens (tertiary/aromatic N) is 2. The molecule has 2 heterocycles. The first-order valence-corrected chi connectivity index (χ1v) is 11.7. The molecule has 2 aromatic carbocycles. The van der Waals surface area contributed by atoms with Crippen molar-refractivity contribution in [2.24, 2.45) is 5.92 Å². The molecule has 2 aromatic rings. The van der Waals surface area contributed by atoms with Gasteiger partial charge in [-0.25, -0.2) is 0 Å². The van der Waals surface area contributed by atoms with Crippen molar-refractivity contribution in [3.8, 4) is 0 Å². The lowest BCUT2D eigenvalue weighted by Crippen LogP contribution is -2.43. The van der Waals surface area contributed by atoms with Gasteiger partial charge in [-0.3, -0.25) is 14.5 Å². The molecule has 0 bridgehead atoms. The maximum Gasteiger partial charge on any atom is 0.240 e. The van der Waals surface area contributed by atoms with E-state index in [1.54, 1.807) is 4.90 Å². The minimum Gasteiger partial charge on any atom is -0.350 e. The number of amides is 2. The lowest BCUT2D eigenvalue weighted by atomic mass is 9.99. The van der Waals surface area contributed by atoms with E-state index in [1.807, 2.05) is 24.3 Å². The lowest BCUT2D eigenvalue weighted by molar-refractivity contribution is -0.123. The Morgan fingerprint density at radius 3 is 2.70 bits per heavy atom. The smallest absolute Gasteiger partial charge is 0.240 e. The molecule has 1 fully saturated rings. The SMILES string of the molecule is C[C@@H]1CCCN(Cc2ccc(CNC(=O)CN3C(=O)CSc4ccccc43)cc2)C1. The van der Waals surface area contributed by atoms with Crippen molar-refractivity contribution in [2.75, 3.05) is 30.3 Å². The molecular weight excluding hydrogens is 394 g/mol. The van der Waals surface area contributed by atoms with Crippen LogP contribution in [0.2, 0.25) is 0 Å². The van der Waals surface area contributed by atoms with E-state index < -0.39 is 0 Å². The van der Waals surface area contributed by atoms with Crippen molar-refractivity contribution in [1.29, 1.82) is 0 Å². The van der Waals surface area contributed by atoms with Crippen LogP contribution in [-0.2, 0) is 22.7 Å².